The monoisotopic (exact) mass is 383 g/mol. The number of hydrogen-bond donors (Lipinski definition) is 1. The summed E-state index contributed by atoms with van der Waals surface area (Å²) in [7, 11) is 0. The molecule has 1 amide bonds. The van der Waals surface area contributed by atoms with Crippen molar-refractivity contribution < 1.29 is 9.53 Å². The molecule has 1 aromatic heterocycles. The molecule has 2 aromatic carbocycles. The second-order valence-corrected chi connectivity index (χ2v) is 7.62. The number of thioether (sulfide) groups is 1. The molecule has 3 aromatic rings. The molecule has 0 aliphatic carbocycles. The predicted octanol–water partition coefficient (Wildman–Crippen LogP) is 4.82. The van der Waals surface area contributed by atoms with Crippen LogP contribution in [0.3, 0.4) is 0 Å². The number of amides is 1. The van der Waals surface area contributed by atoms with Crippen molar-refractivity contribution in [3.05, 3.63) is 48.5 Å². The highest BCUT2D eigenvalue weighted by Crippen LogP contribution is 2.25. The number of imidazole rings is 1. The van der Waals surface area contributed by atoms with Gasteiger partial charge < -0.3 is 14.6 Å². The van der Waals surface area contributed by atoms with Crippen LogP contribution in [-0.4, -0.2) is 27.8 Å². The molecule has 0 unspecified atom stereocenters. The lowest BCUT2D eigenvalue weighted by molar-refractivity contribution is -0.113. The Kier molecular flexibility index (Phi) is 6.40. The van der Waals surface area contributed by atoms with E-state index >= 15 is 0 Å². The Morgan fingerprint density at radius 1 is 1.19 bits per heavy atom. The molecule has 5 nitrogen and oxygen atoms in total. The number of benzene rings is 2. The summed E-state index contributed by atoms with van der Waals surface area (Å²) in [6.07, 6.45) is 0. The summed E-state index contributed by atoms with van der Waals surface area (Å²) >= 11 is 1.47. The Bertz CT molecular complexity index is 903. The van der Waals surface area contributed by atoms with Crippen LogP contribution < -0.4 is 10.1 Å². The van der Waals surface area contributed by atoms with E-state index in [1.54, 1.807) is 0 Å². The highest BCUT2D eigenvalue weighted by molar-refractivity contribution is 7.99. The molecular formula is C21H25N3O2S. The van der Waals surface area contributed by atoms with Crippen molar-refractivity contribution in [1.29, 1.82) is 0 Å². The molecule has 27 heavy (non-hydrogen) atoms. The number of para-hydroxylation sites is 2. The van der Waals surface area contributed by atoms with Crippen LogP contribution in [0.15, 0.2) is 53.7 Å². The maximum Gasteiger partial charge on any atom is 0.234 e. The fourth-order valence-electron chi connectivity index (χ4n) is 2.83. The first-order valence-electron chi connectivity index (χ1n) is 9.17. The maximum absolute atomic E-state index is 12.3. The minimum atomic E-state index is -0.0488. The smallest absolute Gasteiger partial charge is 0.234 e. The third-order valence-corrected chi connectivity index (χ3v) is 4.93. The van der Waals surface area contributed by atoms with E-state index in [1.165, 1.54) is 11.8 Å². The average Bonchev–Trinajstić information content (AvgIpc) is 2.99. The average molecular weight is 384 g/mol. The van der Waals surface area contributed by atoms with Crippen molar-refractivity contribution in [2.75, 3.05) is 17.7 Å². The molecule has 0 saturated heterocycles. The molecule has 0 bridgehead atoms. The van der Waals surface area contributed by atoms with Crippen LogP contribution in [0.2, 0.25) is 0 Å². The molecule has 6 heteroatoms. The van der Waals surface area contributed by atoms with E-state index < -0.39 is 0 Å². The van der Waals surface area contributed by atoms with Gasteiger partial charge in [0.25, 0.3) is 0 Å². The number of hydrogen-bond acceptors (Lipinski definition) is 4. The zero-order chi connectivity index (χ0) is 19.2. The zero-order valence-corrected chi connectivity index (χ0v) is 16.8. The molecule has 0 saturated carbocycles. The van der Waals surface area contributed by atoms with E-state index in [0.29, 0.717) is 18.3 Å². The lowest BCUT2D eigenvalue weighted by Crippen LogP contribution is -2.15. The number of nitrogens with one attached hydrogen (secondary N) is 1. The number of fused-ring (bicyclic) bond motifs is 1. The van der Waals surface area contributed by atoms with E-state index in [4.69, 9.17) is 9.72 Å². The second-order valence-electron chi connectivity index (χ2n) is 6.68. The summed E-state index contributed by atoms with van der Waals surface area (Å²) in [6, 6.07) is 15.5. The van der Waals surface area contributed by atoms with Crippen molar-refractivity contribution in [1.82, 2.24) is 9.55 Å². The molecule has 0 spiro atoms. The molecule has 0 aliphatic rings. The Balaban J connectivity index is 1.66. The maximum atomic E-state index is 12.3. The summed E-state index contributed by atoms with van der Waals surface area (Å²) in [5, 5.41) is 3.80. The van der Waals surface area contributed by atoms with Crippen molar-refractivity contribution in [3.63, 3.8) is 0 Å². The zero-order valence-electron chi connectivity index (χ0n) is 15.9. The van der Waals surface area contributed by atoms with Gasteiger partial charge in [-0.3, -0.25) is 4.79 Å². The topological polar surface area (TPSA) is 56.1 Å². The van der Waals surface area contributed by atoms with Crippen LogP contribution in [0.1, 0.15) is 20.8 Å². The van der Waals surface area contributed by atoms with Crippen LogP contribution in [0.25, 0.3) is 11.0 Å². The highest BCUT2D eigenvalue weighted by atomic mass is 32.2. The normalized spacial score (nSPS) is 11.1. The van der Waals surface area contributed by atoms with Gasteiger partial charge >= 0.3 is 0 Å². The minimum absolute atomic E-state index is 0.0488. The SMILES string of the molecule is CCOc1ccc(NC(=O)CSc2nc3ccccc3n2CC(C)C)cc1. The summed E-state index contributed by atoms with van der Waals surface area (Å²) in [5.41, 5.74) is 2.84. The third kappa shape index (κ3) is 5.04. The van der Waals surface area contributed by atoms with Gasteiger partial charge in [0.15, 0.2) is 5.16 Å². The summed E-state index contributed by atoms with van der Waals surface area (Å²) in [4.78, 5) is 17.1. The Morgan fingerprint density at radius 3 is 2.63 bits per heavy atom. The van der Waals surface area contributed by atoms with Crippen LogP contribution in [0.4, 0.5) is 5.69 Å². The summed E-state index contributed by atoms with van der Waals surface area (Å²) in [5.74, 6) is 1.56. The van der Waals surface area contributed by atoms with Crippen LogP contribution in [0.5, 0.6) is 5.75 Å². The van der Waals surface area contributed by atoms with E-state index in [9.17, 15) is 4.79 Å². The van der Waals surface area contributed by atoms with Crippen molar-refractivity contribution >= 4 is 34.4 Å². The van der Waals surface area contributed by atoms with E-state index in [2.05, 4.69) is 29.8 Å². The van der Waals surface area contributed by atoms with Gasteiger partial charge in [-0.25, -0.2) is 4.98 Å². The first-order valence-corrected chi connectivity index (χ1v) is 10.2. The van der Waals surface area contributed by atoms with Crippen LogP contribution >= 0.6 is 11.8 Å². The first-order chi connectivity index (χ1) is 13.1. The highest BCUT2D eigenvalue weighted by Gasteiger charge is 2.14. The van der Waals surface area contributed by atoms with Crippen molar-refractivity contribution in [3.8, 4) is 5.75 Å². The summed E-state index contributed by atoms with van der Waals surface area (Å²) < 4.78 is 7.62. The first kappa shape index (κ1) is 19.3. The predicted molar refractivity (Wildman–Crippen MR) is 112 cm³/mol. The number of ether oxygens (including phenoxy) is 1. The fourth-order valence-corrected chi connectivity index (χ4v) is 3.66. The number of carbonyl (C=O) groups excluding carboxylic acids is 1. The van der Waals surface area contributed by atoms with Gasteiger partial charge in [-0.05, 0) is 49.2 Å². The number of anilines is 1. The second kappa shape index (κ2) is 8.95. The molecule has 0 atom stereocenters. The molecule has 3 rings (SSSR count). The van der Waals surface area contributed by atoms with Gasteiger partial charge in [0, 0.05) is 12.2 Å². The van der Waals surface area contributed by atoms with Gasteiger partial charge in [-0.2, -0.15) is 0 Å². The van der Waals surface area contributed by atoms with Gasteiger partial charge in [-0.1, -0.05) is 37.7 Å². The van der Waals surface area contributed by atoms with Gasteiger partial charge in [0.05, 0.1) is 23.4 Å². The molecule has 0 radical (unpaired) electrons. The minimum Gasteiger partial charge on any atom is -0.494 e. The van der Waals surface area contributed by atoms with Gasteiger partial charge in [0.1, 0.15) is 5.75 Å². The Hall–Kier alpha value is -2.47. The lowest BCUT2D eigenvalue weighted by Gasteiger charge is -2.11. The molecule has 1 heterocycles. The molecule has 142 valence electrons. The van der Waals surface area contributed by atoms with Crippen LogP contribution in [0, 0.1) is 5.92 Å². The molecule has 0 aliphatic heterocycles. The molecule has 1 N–H and O–H groups in total. The van der Waals surface area contributed by atoms with E-state index in [-0.39, 0.29) is 5.91 Å². The third-order valence-electron chi connectivity index (χ3n) is 3.95. The van der Waals surface area contributed by atoms with E-state index in [1.807, 2.05) is 49.4 Å². The molecule has 0 fully saturated rings. The lowest BCUT2D eigenvalue weighted by atomic mass is 10.2. The van der Waals surface area contributed by atoms with Crippen molar-refractivity contribution in [2.24, 2.45) is 5.92 Å². The van der Waals surface area contributed by atoms with E-state index in [0.717, 1.165) is 34.2 Å². The fraction of sp³-hybridized carbons (Fsp3) is 0.333. The number of aromatic nitrogens is 2. The van der Waals surface area contributed by atoms with Gasteiger partial charge in [0.2, 0.25) is 5.91 Å². The van der Waals surface area contributed by atoms with Gasteiger partial charge in [-0.15, -0.1) is 0 Å². The summed E-state index contributed by atoms with van der Waals surface area (Å²) in [6.45, 7) is 7.81. The Morgan fingerprint density at radius 2 is 1.93 bits per heavy atom. The number of nitrogens with zero attached hydrogens (tertiary/aromatic N) is 2. The van der Waals surface area contributed by atoms with Crippen molar-refractivity contribution in [2.45, 2.75) is 32.5 Å². The van der Waals surface area contributed by atoms with Crippen LogP contribution in [-0.2, 0) is 11.3 Å². The Labute approximate surface area is 164 Å². The number of carbonyl (C=O) groups is 1. The molecular weight excluding hydrogens is 358 g/mol. The number of rotatable bonds is 8. The quantitative estimate of drug-likeness (QED) is 0.567. The largest absolute Gasteiger partial charge is 0.494 e. The standard InChI is InChI=1S/C21H25N3O2S/c1-4-26-17-11-9-16(10-12-17)22-20(25)14-27-21-23-18-7-5-6-8-19(18)24(21)13-15(2)3/h5-12,15H,4,13-14H2,1-3H3,(H,22,25).